The van der Waals surface area contributed by atoms with E-state index in [0.717, 1.165) is 0 Å². The van der Waals surface area contributed by atoms with Gasteiger partial charge in [-0.3, -0.25) is 0 Å². The first-order valence-corrected chi connectivity index (χ1v) is 5.80. The summed E-state index contributed by atoms with van der Waals surface area (Å²) in [7, 11) is 0. The van der Waals surface area contributed by atoms with Crippen LogP contribution in [0.5, 0.6) is 0 Å². The van der Waals surface area contributed by atoms with Crippen LogP contribution in [0.25, 0.3) is 0 Å². The SMILES string of the molecule is C=C1/C(O)=C(O)\C(O)=C(\O)CCC2C=CC=CC12. The van der Waals surface area contributed by atoms with Gasteiger partial charge in [0.05, 0.1) is 0 Å². The molecule has 2 rings (SSSR count). The summed E-state index contributed by atoms with van der Waals surface area (Å²) in [5.41, 5.74) is 0.333. The molecule has 4 heteroatoms. The maximum atomic E-state index is 9.87. The van der Waals surface area contributed by atoms with Crippen molar-refractivity contribution in [2.24, 2.45) is 11.8 Å². The molecule has 18 heavy (non-hydrogen) atoms. The first-order valence-electron chi connectivity index (χ1n) is 5.80. The van der Waals surface area contributed by atoms with Crippen LogP contribution in [-0.4, -0.2) is 20.4 Å². The van der Waals surface area contributed by atoms with Gasteiger partial charge in [-0.1, -0.05) is 30.9 Å². The number of allylic oxidation sites excluding steroid dienone is 6. The molecular formula is C14H16O4. The predicted molar refractivity (Wildman–Crippen MR) is 68.2 cm³/mol. The fourth-order valence-corrected chi connectivity index (χ4v) is 2.28. The fourth-order valence-electron chi connectivity index (χ4n) is 2.28. The molecule has 4 N–H and O–H groups in total. The van der Waals surface area contributed by atoms with E-state index < -0.39 is 17.3 Å². The molecule has 0 heterocycles. The van der Waals surface area contributed by atoms with Gasteiger partial charge in [-0.2, -0.15) is 0 Å². The van der Waals surface area contributed by atoms with E-state index in [1.807, 2.05) is 24.3 Å². The molecule has 0 saturated carbocycles. The van der Waals surface area contributed by atoms with Gasteiger partial charge in [-0.25, -0.2) is 0 Å². The first kappa shape index (κ1) is 12.4. The number of hydrogen-bond acceptors (Lipinski definition) is 4. The van der Waals surface area contributed by atoms with Gasteiger partial charge in [0, 0.05) is 12.3 Å². The second-order valence-electron chi connectivity index (χ2n) is 4.52. The van der Waals surface area contributed by atoms with Crippen LogP contribution in [0.1, 0.15) is 12.8 Å². The van der Waals surface area contributed by atoms with Crippen molar-refractivity contribution in [1.29, 1.82) is 0 Å². The van der Waals surface area contributed by atoms with Crippen molar-refractivity contribution in [1.82, 2.24) is 0 Å². The maximum absolute atomic E-state index is 9.87. The maximum Gasteiger partial charge on any atom is 0.204 e. The van der Waals surface area contributed by atoms with Crippen LogP contribution in [0.15, 0.2) is 59.5 Å². The molecule has 0 aromatic rings. The Hall–Kier alpha value is -2.10. The molecule has 0 amide bonds. The number of rotatable bonds is 0. The van der Waals surface area contributed by atoms with Crippen LogP contribution < -0.4 is 0 Å². The van der Waals surface area contributed by atoms with Crippen LogP contribution in [0, 0.1) is 11.8 Å². The molecule has 0 aromatic heterocycles. The lowest BCUT2D eigenvalue weighted by atomic mass is 9.80. The van der Waals surface area contributed by atoms with Crippen LogP contribution in [0.3, 0.4) is 0 Å². The Morgan fingerprint density at radius 1 is 0.944 bits per heavy atom. The predicted octanol–water partition coefficient (Wildman–Crippen LogP) is 3.35. The second-order valence-corrected chi connectivity index (χ2v) is 4.52. The monoisotopic (exact) mass is 248 g/mol. The molecule has 0 spiro atoms. The molecule has 0 fully saturated rings. The Morgan fingerprint density at radius 2 is 1.61 bits per heavy atom. The summed E-state index contributed by atoms with van der Waals surface area (Å²) in [6, 6.07) is 0. The van der Waals surface area contributed by atoms with Crippen molar-refractivity contribution < 1.29 is 20.4 Å². The van der Waals surface area contributed by atoms with E-state index in [-0.39, 0.29) is 24.0 Å². The van der Waals surface area contributed by atoms with E-state index >= 15 is 0 Å². The largest absolute Gasteiger partial charge is 0.508 e. The molecule has 0 aliphatic heterocycles. The average Bonchev–Trinajstić information content (AvgIpc) is 2.43. The standard InChI is InChI=1S/C14H16O4/c1-8-10-5-3-2-4-9(10)6-7-11(15)13(17)14(18)12(8)16/h2-5,9-10,15-18H,1,6-7H2/b13-11-,14-12-. The van der Waals surface area contributed by atoms with Gasteiger partial charge in [-0.05, 0) is 17.9 Å². The molecule has 0 saturated heterocycles. The molecule has 0 radical (unpaired) electrons. The Morgan fingerprint density at radius 3 is 2.33 bits per heavy atom. The minimum atomic E-state index is -0.721. The summed E-state index contributed by atoms with van der Waals surface area (Å²) in [6.07, 6.45) is 8.43. The van der Waals surface area contributed by atoms with Crippen LogP contribution >= 0.6 is 0 Å². The molecule has 96 valence electrons. The molecular weight excluding hydrogens is 232 g/mol. The lowest BCUT2D eigenvalue weighted by Crippen LogP contribution is -2.16. The molecule has 0 bridgehead atoms. The zero-order valence-electron chi connectivity index (χ0n) is 9.87. The van der Waals surface area contributed by atoms with Crippen LogP contribution in [0.4, 0.5) is 0 Å². The molecule has 2 atom stereocenters. The normalized spacial score (nSPS) is 36.8. The van der Waals surface area contributed by atoms with Gasteiger partial charge in [-0.15, -0.1) is 0 Å². The van der Waals surface area contributed by atoms with E-state index in [4.69, 9.17) is 0 Å². The minimum absolute atomic E-state index is 0.0745. The minimum Gasteiger partial charge on any atom is -0.508 e. The zero-order chi connectivity index (χ0) is 13.3. The van der Waals surface area contributed by atoms with Gasteiger partial charge < -0.3 is 20.4 Å². The summed E-state index contributed by atoms with van der Waals surface area (Å²) in [6.45, 7) is 3.76. The lowest BCUT2D eigenvalue weighted by Gasteiger charge is -2.25. The molecule has 2 unspecified atom stereocenters. The third-order valence-electron chi connectivity index (χ3n) is 3.39. The quantitative estimate of drug-likeness (QED) is 0.530. The molecule has 2 aliphatic rings. The van der Waals surface area contributed by atoms with Crippen LogP contribution in [-0.2, 0) is 0 Å². The Labute approximate surface area is 105 Å². The highest BCUT2D eigenvalue weighted by molar-refractivity contribution is 5.39. The van der Waals surface area contributed by atoms with Gasteiger partial charge in [0.25, 0.3) is 0 Å². The summed E-state index contributed by atoms with van der Waals surface area (Å²) in [4.78, 5) is 0. The van der Waals surface area contributed by atoms with Crippen molar-refractivity contribution >= 4 is 0 Å². The number of hydrogen-bond donors (Lipinski definition) is 4. The summed E-state index contributed by atoms with van der Waals surface area (Å²) >= 11 is 0. The topological polar surface area (TPSA) is 80.9 Å². The van der Waals surface area contributed by atoms with Gasteiger partial charge in [0.2, 0.25) is 5.76 Å². The smallest absolute Gasteiger partial charge is 0.204 e. The van der Waals surface area contributed by atoms with Crippen LogP contribution in [0.2, 0.25) is 0 Å². The van der Waals surface area contributed by atoms with Gasteiger partial charge in [0.1, 0.15) is 5.76 Å². The summed E-state index contributed by atoms with van der Waals surface area (Å²) in [5.74, 6) is -2.27. The molecule has 4 nitrogen and oxygen atoms in total. The first-order chi connectivity index (χ1) is 8.52. The number of aliphatic hydroxyl groups excluding tert-OH is 4. The lowest BCUT2D eigenvalue weighted by molar-refractivity contribution is 0.256. The van der Waals surface area contributed by atoms with E-state index in [1.165, 1.54) is 0 Å². The Bertz CT molecular complexity index is 494. The average molecular weight is 248 g/mol. The highest BCUT2D eigenvalue weighted by Gasteiger charge is 2.28. The van der Waals surface area contributed by atoms with E-state index in [1.54, 1.807) is 0 Å². The van der Waals surface area contributed by atoms with Crippen molar-refractivity contribution in [3.05, 3.63) is 59.5 Å². The zero-order valence-corrected chi connectivity index (χ0v) is 9.87. The summed E-state index contributed by atoms with van der Waals surface area (Å²) in [5, 5.41) is 38.7. The second kappa shape index (κ2) is 4.64. The Kier molecular flexibility index (Phi) is 3.19. The van der Waals surface area contributed by atoms with E-state index in [2.05, 4.69) is 6.58 Å². The summed E-state index contributed by atoms with van der Waals surface area (Å²) < 4.78 is 0. The van der Waals surface area contributed by atoms with Crippen molar-refractivity contribution in [2.75, 3.05) is 0 Å². The van der Waals surface area contributed by atoms with Gasteiger partial charge in [0.15, 0.2) is 11.5 Å². The number of aliphatic hydroxyl groups is 4. The van der Waals surface area contributed by atoms with Crippen molar-refractivity contribution in [2.45, 2.75) is 12.8 Å². The third kappa shape index (κ3) is 2.01. The van der Waals surface area contributed by atoms with Gasteiger partial charge >= 0.3 is 0 Å². The van der Waals surface area contributed by atoms with Crippen molar-refractivity contribution in [3.8, 4) is 0 Å². The Balaban J connectivity index is 2.47. The molecule has 0 aromatic carbocycles. The van der Waals surface area contributed by atoms with E-state index in [9.17, 15) is 20.4 Å². The molecule has 2 aliphatic carbocycles. The fraction of sp³-hybridized carbons (Fsp3) is 0.286. The highest BCUT2D eigenvalue weighted by atomic mass is 16.3. The highest BCUT2D eigenvalue weighted by Crippen LogP contribution is 2.36. The van der Waals surface area contributed by atoms with Crippen molar-refractivity contribution in [3.63, 3.8) is 0 Å². The third-order valence-corrected chi connectivity index (χ3v) is 3.39. The number of fused-ring (bicyclic) bond motifs is 1. The van der Waals surface area contributed by atoms with E-state index in [0.29, 0.717) is 12.0 Å².